The van der Waals surface area contributed by atoms with Crippen LogP contribution in [0.25, 0.3) is 0 Å². The molecular weight excluding hydrogens is 351 g/mol. The van der Waals surface area contributed by atoms with Gasteiger partial charge in [0.25, 0.3) is 5.91 Å². The van der Waals surface area contributed by atoms with E-state index >= 15 is 0 Å². The number of methoxy groups -OCH3 is 1. The SMILES string of the molecule is COC(=O)c1cccc(NC(=O)c2cnc(Nc3cccc(F)c3)cn2)c1. The highest BCUT2D eigenvalue weighted by molar-refractivity contribution is 6.03. The predicted molar refractivity (Wildman–Crippen MR) is 97.4 cm³/mol. The molecule has 0 aliphatic rings. The van der Waals surface area contributed by atoms with Crippen LogP contribution in [0.5, 0.6) is 0 Å². The van der Waals surface area contributed by atoms with Gasteiger partial charge in [0, 0.05) is 11.4 Å². The van der Waals surface area contributed by atoms with Crippen LogP contribution in [0.3, 0.4) is 0 Å². The molecule has 1 amide bonds. The first kappa shape index (κ1) is 18.0. The summed E-state index contributed by atoms with van der Waals surface area (Å²) < 4.78 is 17.8. The van der Waals surface area contributed by atoms with Gasteiger partial charge in [0.1, 0.15) is 17.3 Å². The number of carbonyl (C=O) groups excluding carboxylic acids is 2. The zero-order valence-electron chi connectivity index (χ0n) is 14.3. The number of hydrogen-bond acceptors (Lipinski definition) is 6. The van der Waals surface area contributed by atoms with Crippen molar-refractivity contribution in [1.29, 1.82) is 0 Å². The number of esters is 1. The zero-order chi connectivity index (χ0) is 19.2. The molecule has 0 atom stereocenters. The fourth-order valence-corrected chi connectivity index (χ4v) is 2.26. The van der Waals surface area contributed by atoms with Gasteiger partial charge in [-0.05, 0) is 36.4 Å². The third kappa shape index (κ3) is 4.63. The van der Waals surface area contributed by atoms with Gasteiger partial charge in [-0.25, -0.2) is 19.2 Å². The normalized spacial score (nSPS) is 10.1. The molecule has 27 heavy (non-hydrogen) atoms. The summed E-state index contributed by atoms with van der Waals surface area (Å²) in [5.41, 5.74) is 1.34. The third-order valence-electron chi connectivity index (χ3n) is 3.52. The average molecular weight is 366 g/mol. The third-order valence-corrected chi connectivity index (χ3v) is 3.52. The van der Waals surface area contributed by atoms with Gasteiger partial charge in [-0.15, -0.1) is 0 Å². The van der Waals surface area contributed by atoms with Crippen LogP contribution in [-0.4, -0.2) is 29.0 Å². The first-order valence-corrected chi connectivity index (χ1v) is 7.89. The lowest BCUT2D eigenvalue weighted by Crippen LogP contribution is -2.14. The molecule has 8 heteroatoms. The molecule has 0 saturated heterocycles. The summed E-state index contributed by atoms with van der Waals surface area (Å²) in [7, 11) is 1.28. The molecule has 0 aliphatic heterocycles. The Morgan fingerprint density at radius 3 is 2.48 bits per heavy atom. The average Bonchev–Trinajstić information content (AvgIpc) is 2.68. The highest BCUT2D eigenvalue weighted by Gasteiger charge is 2.11. The van der Waals surface area contributed by atoms with Crippen molar-refractivity contribution in [2.45, 2.75) is 0 Å². The Morgan fingerprint density at radius 1 is 1.00 bits per heavy atom. The Bertz CT molecular complexity index is 977. The number of nitrogens with one attached hydrogen (secondary N) is 2. The smallest absolute Gasteiger partial charge is 0.337 e. The summed E-state index contributed by atoms with van der Waals surface area (Å²) in [6, 6.07) is 12.2. The summed E-state index contributed by atoms with van der Waals surface area (Å²) in [6.07, 6.45) is 2.66. The summed E-state index contributed by atoms with van der Waals surface area (Å²) in [5, 5.41) is 5.53. The summed E-state index contributed by atoms with van der Waals surface area (Å²) in [4.78, 5) is 32.0. The second-order valence-electron chi connectivity index (χ2n) is 5.45. The molecule has 3 rings (SSSR count). The van der Waals surface area contributed by atoms with Gasteiger partial charge in [-0.1, -0.05) is 12.1 Å². The minimum absolute atomic E-state index is 0.0864. The van der Waals surface area contributed by atoms with E-state index < -0.39 is 11.9 Å². The summed E-state index contributed by atoms with van der Waals surface area (Å²) >= 11 is 0. The number of hydrogen-bond donors (Lipinski definition) is 2. The number of halogens is 1. The van der Waals surface area contributed by atoms with Gasteiger partial charge < -0.3 is 15.4 Å². The van der Waals surface area contributed by atoms with E-state index in [9.17, 15) is 14.0 Å². The Hall–Kier alpha value is -3.81. The summed E-state index contributed by atoms with van der Waals surface area (Å²) in [5.74, 6) is -0.997. The molecule has 1 heterocycles. The summed E-state index contributed by atoms with van der Waals surface area (Å²) in [6.45, 7) is 0. The molecule has 7 nitrogen and oxygen atoms in total. The van der Waals surface area contributed by atoms with Crippen LogP contribution in [0, 0.1) is 5.82 Å². The second kappa shape index (κ2) is 8.05. The fraction of sp³-hybridized carbons (Fsp3) is 0.0526. The second-order valence-corrected chi connectivity index (χ2v) is 5.45. The largest absolute Gasteiger partial charge is 0.465 e. The van der Waals surface area contributed by atoms with Crippen molar-refractivity contribution in [2.24, 2.45) is 0 Å². The number of anilines is 3. The Labute approximate surface area is 154 Å². The van der Waals surface area contributed by atoms with Crippen LogP contribution in [0.1, 0.15) is 20.8 Å². The molecule has 0 radical (unpaired) electrons. The Balaban J connectivity index is 1.68. The molecular formula is C19H15FN4O3. The van der Waals surface area contributed by atoms with Crippen molar-refractivity contribution in [3.8, 4) is 0 Å². The molecule has 0 saturated carbocycles. The molecule has 0 fully saturated rings. The monoisotopic (exact) mass is 366 g/mol. The van der Waals surface area contributed by atoms with Crippen molar-refractivity contribution in [2.75, 3.05) is 17.7 Å². The van der Waals surface area contributed by atoms with E-state index in [-0.39, 0.29) is 11.5 Å². The highest BCUT2D eigenvalue weighted by atomic mass is 19.1. The predicted octanol–water partition coefficient (Wildman–Crippen LogP) is 3.40. The van der Waals surface area contributed by atoms with Gasteiger partial charge >= 0.3 is 5.97 Å². The number of ether oxygens (including phenoxy) is 1. The first-order chi connectivity index (χ1) is 13.0. The van der Waals surface area contributed by atoms with Gasteiger partial charge in [0.15, 0.2) is 0 Å². The Morgan fingerprint density at radius 2 is 1.78 bits per heavy atom. The number of amides is 1. The Kier molecular flexibility index (Phi) is 5.36. The van der Waals surface area contributed by atoms with Gasteiger partial charge in [-0.2, -0.15) is 0 Å². The van der Waals surface area contributed by atoms with E-state index in [1.54, 1.807) is 30.3 Å². The van der Waals surface area contributed by atoms with Crippen LogP contribution in [-0.2, 0) is 4.74 Å². The van der Waals surface area contributed by atoms with Crippen LogP contribution < -0.4 is 10.6 Å². The maximum Gasteiger partial charge on any atom is 0.337 e. The number of rotatable bonds is 5. The molecule has 2 aromatic carbocycles. The lowest BCUT2D eigenvalue weighted by atomic mass is 10.2. The van der Waals surface area contributed by atoms with E-state index in [0.29, 0.717) is 22.8 Å². The van der Waals surface area contributed by atoms with E-state index in [1.165, 1.54) is 37.7 Å². The molecule has 3 aromatic rings. The minimum Gasteiger partial charge on any atom is -0.465 e. The van der Waals surface area contributed by atoms with Crippen LogP contribution in [0.15, 0.2) is 60.9 Å². The molecule has 0 unspecified atom stereocenters. The number of nitrogens with zero attached hydrogens (tertiary/aromatic N) is 2. The molecule has 136 valence electrons. The number of aromatic nitrogens is 2. The molecule has 2 N–H and O–H groups in total. The molecule has 0 bridgehead atoms. The van der Waals surface area contributed by atoms with E-state index in [2.05, 4.69) is 25.3 Å². The van der Waals surface area contributed by atoms with Crippen LogP contribution in [0.4, 0.5) is 21.6 Å². The maximum absolute atomic E-state index is 13.2. The number of carbonyl (C=O) groups is 2. The molecule has 0 spiro atoms. The lowest BCUT2D eigenvalue weighted by molar-refractivity contribution is 0.0600. The minimum atomic E-state index is -0.501. The standard InChI is InChI=1S/C19H15FN4O3/c1-27-19(26)12-4-2-6-14(8-12)24-18(25)16-10-22-17(11-21-16)23-15-7-3-5-13(20)9-15/h2-11H,1H3,(H,22,23)(H,24,25). The lowest BCUT2D eigenvalue weighted by Gasteiger charge is -2.08. The van der Waals surface area contributed by atoms with Crippen LogP contribution in [0.2, 0.25) is 0 Å². The van der Waals surface area contributed by atoms with Crippen LogP contribution >= 0.6 is 0 Å². The number of benzene rings is 2. The van der Waals surface area contributed by atoms with E-state index in [4.69, 9.17) is 0 Å². The highest BCUT2D eigenvalue weighted by Crippen LogP contribution is 2.16. The molecule has 1 aromatic heterocycles. The topological polar surface area (TPSA) is 93.2 Å². The fourth-order valence-electron chi connectivity index (χ4n) is 2.26. The molecule has 0 aliphatic carbocycles. The zero-order valence-corrected chi connectivity index (χ0v) is 14.3. The van der Waals surface area contributed by atoms with Crippen molar-refractivity contribution < 1.29 is 18.7 Å². The van der Waals surface area contributed by atoms with Crippen molar-refractivity contribution in [3.05, 3.63) is 78.0 Å². The van der Waals surface area contributed by atoms with E-state index in [0.717, 1.165) is 0 Å². The first-order valence-electron chi connectivity index (χ1n) is 7.89. The van der Waals surface area contributed by atoms with Crippen molar-refractivity contribution in [3.63, 3.8) is 0 Å². The van der Waals surface area contributed by atoms with E-state index in [1.807, 2.05) is 0 Å². The van der Waals surface area contributed by atoms with Gasteiger partial charge in [0.2, 0.25) is 0 Å². The van der Waals surface area contributed by atoms with Gasteiger partial charge in [0.05, 0.1) is 25.1 Å². The van der Waals surface area contributed by atoms with Crippen molar-refractivity contribution >= 4 is 29.1 Å². The van der Waals surface area contributed by atoms with Gasteiger partial charge in [-0.3, -0.25) is 4.79 Å². The van der Waals surface area contributed by atoms with Crippen molar-refractivity contribution in [1.82, 2.24) is 9.97 Å². The quantitative estimate of drug-likeness (QED) is 0.672. The maximum atomic E-state index is 13.2.